The minimum absolute atomic E-state index is 0.296. The maximum absolute atomic E-state index is 9.20. The number of phenolic OH excluding ortho intramolecular Hbond substituents is 1. The van der Waals surface area contributed by atoms with E-state index in [0.717, 1.165) is 18.7 Å². The second kappa shape index (κ2) is 5.39. The van der Waals surface area contributed by atoms with Crippen LogP contribution in [0.1, 0.15) is 18.1 Å². The lowest BCUT2D eigenvalue weighted by Gasteiger charge is -2.10. The third-order valence-electron chi connectivity index (χ3n) is 2.85. The first-order valence-corrected chi connectivity index (χ1v) is 5.89. The molecule has 2 N–H and O–H groups in total. The Kier molecular flexibility index (Phi) is 3.66. The number of hydrogen-bond donors (Lipinski definition) is 2. The Balaban J connectivity index is 2.04. The number of aryl methyl sites for hydroxylation is 1. The number of rotatable bonds is 4. The first-order valence-electron chi connectivity index (χ1n) is 5.89. The van der Waals surface area contributed by atoms with Gasteiger partial charge in [0.1, 0.15) is 5.75 Å². The van der Waals surface area contributed by atoms with E-state index in [1.54, 1.807) is 12.1 Å². The average molecular weight is 227 g/mol. The number of aromatic hydroxyl groups is 1. The zero-order chi connectivity index (χ0) is 12.1. The molecule has 0 saturated heterocycles. The molecule has 0 atom stereocenters. The van der Waals surface area contributed by atoms with E-state index in [9.17, 15) is 5.11 Å². The highest BCUT2D eigenvalue weighted by atomic mass is 16.3. The summed E-state index contributed by atoms with van der Waals surface area (Å²) in [4.78, 5) is 0. The van der Waals surface area contributed by atoms with Gasteiger partial charge in [0.2, 0.25) is 0 Å². The van der Waals surface area contributed by atoms with Crippen molar-refractivity contribution in [2.45, 2.75) is 19.9 Å². The molecule has 0 aliphatic carbocycles. The van der Waals surface area contributed by atoms with Gasteiger partial charge in [0.15, 0.2) is 0 Å². The summed E-state index contributed by atoms with van der Waals surface area (Å²) in [5, 5.41) is 12.5. The Morgan fingerprint density at radius 3 is 2.24 bits per heavy atom. The molecule has 0 heterocycles. The van der Waals surface area contributed by atoms with Crippen molar-refractivity contribution in [3.8, 4) is 5.75 Å². The van der Waals surface area contributed by atoms with E-state index < -0.39 is 0 Å². The molecule has 2 nitrogen and oxygen atoms in total. The Labute approximate surface area is 102 Å². The largest absolute Gasteiger partial charge is 0.508 e. The van der Waals surface area contributed by atoms with Gasteiger partial charge in [0.05, 0.1) is 0 Å². The van der Waals surface area contributed by atoms with Crippen LogP contribution >= 0.6 is 0 Å². The van der Waals surface area contributed by atoms with Gasteiger partial charge in [-0.3, -0.25) is 0 Å². The molecule has 2 aromatic carbocycles. The van der Waals surface area contributed by atoms with Crippen molar-refractivity contribution in [1.82, 2.24) is 0 Å². The fourth-order valence-corrected chi connectivity index (χ4v) is 1.85. The van der Waals surface area contributed by atoms with Crippen molar-refractivity contribution in [3.63, 3.8) is 0 Å². The van der Waals surface area contributed by atoms with Crippen molar-refractivity contribution in [3.05, 3.63) is 59.7 Å². The van der Waals surface area contributed by atoms with Crippen LogP contribution in [0, 0.1) is 0 Å². The molecule has 0 aliphatic heterocycles. The maximum Gasteiger partial charge on any atom is 0.115 e. The van der Waals surface area contributed by atoms with Crippen LogP contribution in [0.3, 0.4) is 0 Å². The lowest BCUT2D eigenvalue weighted by Crippen LogP contribution is -2.02. The van der Waals surface area contributed by atoms with Crippen LogP contribution in [0.2, 0.25) is 0 Å². The Bertz CT molecular complexity index is 477. The summed E-state index contributed by atoms with van der Waals surface area (Å²) in [6.45, 7) is 2.98. The topological polar surface area (TPSA) is 32.3 Å². The molecular weight excluding hydrogens is 210 g/mol. The maximum atomic E-state index is 9.20. The monoisotopic (exact) mass is 227 g/mol. The van der Waals surface area contributed by atoms with Crippen molar-refractivity contribution < 1.29 is 5.11 Å². The molecule has 2 heteroatoms. The fraction of sp³-hybridized carbons (Fsp3) is 0.200. The van der Waals surface area contributed by atoms with Crippen LogP contribution in [-0.4, -0.2) is 5.11 Å². The fourth-order valence-electron chi connectivity index (χ4n) is 1.85. The van der Waals surface area contributed by atoms with Crippen LogP contribution in [0.15, 0.2) is 48.5 Å². The zero-order valence-corrected chi connectivity index (χ0v) is 9.98. The third-order valence-corrected chi connectivity index (χ3v) is 2.85. The van der Waals surface area contributed by atoms with Gasteiger partial charge in [0.25, 0.3) is 0 Å². The molecule has 0 aliphatic rings. The molecular formula is C15H17NO. The van der Waals surface area contributed by atoms with Gasteiger partial charge in [-0.1, -0.05) is 31.2 Å². The standard InChI is InChI=1S/C15H17NO/c1-2-12-5-3-4-6-13(12)11-16-14-7-9-15(17)10-8-14/h3-10,16-17H,2,11H2,1H3. The van der Waals surface area contributed by atoms with Crippen LogP contribution in [0.5, 0.6) is 5.75 Å². The minimum Gasteiger partial charge on any atom is -0.508 e. The van der Waals surface area contributed by atoms with E-state index in [-0.39, 0.29) is 0 Å². The average Bonchev–Trinajstić information content (AvgIpc) is 2.38. The van der Waals surface area contributed by atoms with Crippen molar-refractivity contribution in [1.29, 1.82) is 0 Å². The molecule has 0 saturated carbocycles. The zero-order valence-electron chi connectivity index (χ0n) is 9.98. The Morgan fingerprint density at radius 1 is 0.941 bits per heavy atom. The molecule has 17 heavy (non-hydrogen) atoms. The van der Waals surface area contributed by atoms with E-state index in [1.807, 2.05) is 12.1 Å². The Morgan fingerprint density at radius 2 is 1.59 bits per heavy atom. The summed E-state index contributed by atoms with van der Waals surface area (Å²) >= 11 is 0. The molecule has 0 amide bonds. The summed E-state index contributed by atoms with van der Waals surface area (Å²) in [6.07, 6.45) is 1.05. The van der Waals surface area contributed by atoms with Gasteiger partial charge in [-0.15, -0.1) is 0 Å². The van der Waals surface area contributed by atoms with Gasteiger partial charge in [-0.05, 0) is 41.8 Å². The molecule has 2 aromatic rings. The normalized spacial score (nSPS) is 10.2. The molecule has 0 unspecified atom stereocenters. The smallest absolute Gasteiger partial charge is 0.115 e. The van der Waals surface area contributed by atoms with Crippen LogP contribution in [0.25, 0.3) is 0 Å². The van der Waals surface area contributed by atoms with E-state index in [4.69, 9.17) is 0 Å². The van der Waals surface area contributed by atoms with Crippen molar-refractivity contribution >= 4 is 5.69 Å². The predicted octanol–water partition coefficient (Wildman–Crippen LogP) is 3.57. The van der Waals surface area contributed by atoms with Crippen molar-refractivity contribution in [2.75, 3.05) is 5.32 Å². The third kappa shape index (κ3) is 3.00. The van der Waals surface area contributed by atoms with Crippen LogP contribution in [-0.2, 0) is 13.0 Å². The molecule has 0 radical (unpaired) electrons. The van der Waals surface area contributed by atoms with Gasteiger partial charge < -0.3 is 10.4 Å². The summed E-state index contributed by atoms with van der Waals surface area (Å²) in [5.74, 6) is 0.296. The summed E-state index contributed by atoms with van der Waals surface area (Å²) in [6, 6.07) is 15.6. The molecule has 0 aromatic heterocycles. The summed E-state index contributed by atoms with van der Waals surface area (Å²) in [7, 11) is 0. The first-order chi connectivity index (χ1) is 8.29. The number of phenols is 1. The summed E-state index contributed by atoms with van der Waals surface area (Å²) < 4.78 is 0. The molecule has 2 rings (SSSR count). The van der Waals surface area contributed by atoms with Crippen LogP contribution < -0.4 is 5.32 Å². The number of benzene rings is 2. The second-order valence-corrected chi connectivity index (χ2v) is 4.02. The Hall–Kier alpha value is -1.96. The molecule has 0 fully saturated rings. The number of anilines is 1. The predicted molar refractivity (Wildman–Crippen MR) is 71.3 cm³/mol. The lowest BCUT2D eigenvalue weighted by atomic mass is 10.1. The summed E-state index contributed by atoms with van der Waals surface area (Å²) in [5.41, 5.74) is 3.72. The highest BCUT2D eigenvalue weighted by molar-refractivity contribution is 5.46. The molecule has 0 bridgehead atoms. The van der Waals surface area contributed by atoms with E-state index in [1.165, 1.54) is 11.1 Å². The molecule has 0 spiro atoms. The number of hydrogen-bond acceptors (Lipinski definition) is 2. The minimum atomic E-state index is 0.296. The van der Waals surface area contributed by atoms with Crippen molar-refractivity contribution in [2.24, 2.45) is 0 Å². The SMILES string of the molecule is CCc1ccccc1CNc1ccc(O)cc1. The highest BCUT2D eigenvalue weighted by Crippen LogP contribution is 2.16. The first kappa shape index (κ1) is 11.5. The van der Waals surface area contributed by atoms with E-state index in [0.29, 0.717) is 5.75 Å². The van der Waals surface area contributed by atoms with E-state index >= 15 is 0 Å². The number of nitrogens with one attached hydrogen (secondary N) is 1. The van der Waals surface area contributed by atoms with Crippen LogP contribution in [0.4, 0.5) is 5.69 Å². The van der Waals surface area contributed by atoms with E-state index in [2.05, 4.69) is 36.5 Å². The lowest BCUT2D eigenvalue weighted by molar-refractivity contribution is 0.475. The van der Waals surface area contributed by atoms with Gasteiger partial charge >= 0.3 is 0 Å². The van der Waals surface area contributed by atoms with Gasteiger partial charge in [0, 0.05) is 12.2 Å². The van der Waals surface area contributed by atoms with Gasteiger partial charge in [-0.25, -0.2) is 0 Å². The quantitative estimate of drug-likeness (QED) is 0.783. The highest BCUT2D eigenvalue weighted by Gasteiger charge is 1.99. The second-order valence-electron chi connectivity index (χ2n) is 4.02. The van der Waals surface area contributed by atoms with Gasteiger partial charge in [-0.2, -0.15) is 0 Å². The molecule has 88 valence electrons.